The molecule has 0 aliphatic carbocycles. The summed E-state index contributed by atoms with van der Waals surface area (Å²) in [6.45, 7) is 1.72. The molecule has 6 aromatic rings. The second-order valence-electron chi connectivity index (χ2n) is 11.1. The summed E-state index contributed by atoms with van der Waals surface area (Å²) in [6.07, 6.45) is 1.57. The molecular formula is C35H22Cl3N7O4S2. The number of rotatable bonds is 8. The SMILES string of the molecule is CC1=C(C(=O)Nc2ccccc2)[C@@H](c2ccc(Cl)cc2)n2c(s/c(=C/c3ccc(Sc4n[nH]c(-c5ccc(Cl)cc5Cl)n4)c([N+](=O)[O-])c3)c2=O)=N1. The summed E-state index contributed by atoms with van der Waals surface area (Å²) in [5.74, 6) is -0.0307. The highest BCUT2D eigenvalue weighted by molar-refractivity contribution is 7.99. The van der Waals surface area contributed by atoms with Crippen LogP contribution in [-0.2, 0) is 4.79 Å². The molecular weight excluding hydrogens is 753 g/mol. The van der Waals surface area contributed by atoms with Crippen molar-refractivity contribution in [3.8, 4) is 11.4 Å². The molecule has 0 spiro atoms. The molecule has 1 amide bonds. The smallest absolute Gasteiger partial charge is 0.283 e. The number of thiazole rings is 1. The van der Waals surface area contributed by atoms with E-state index in [-0.39, 0.29) is 15.4 Å². The van der Waals surface area contributed by atoms with E-state index in [1.807, 2.05) is 6.07 Å². The van der Waals surface area contributed by atoms with Crippen molar-refractivity contribution in [3.63, 3.8) is 0 Å². The van der Waals surface area contributed by atoms with Crippen LogP contribution in [0, 0.1) is 10.1 Å². The second-order valence-corrected chi connectivity index (χ2v) is 14.4. The Hall–Kier alpha value is -5.05. The summed E-state index contributed by atoms with van der Waals surface area (Å²) < 4.78 is 1.75. The third-order valence-corrected chi connectivity index (χ3v) is 10.5. The maximum Gasteiger partial charge on any atom is 0.283 e. The number of fused-ring (bicyclic) bond motifs is 1. The first kappa shape index (κ1) is 34.4. The number of carbonyl (C=O) groups is 1. The first-order chi connectivity index (χ1) is 24.5. The number of nitro groups is 1. The Bertz CT molecular complexity index is 2570. The number of carbonyl (C=O) groups excluding carboxylic acids is 1. The molecule has 7 rings (SSSR count). The Morgan fingerprint density at radius 1 is 1.02 bits per heavy atom. The number of aromatic amines is 1. The van der Waals surface area contributed by atoms with Crippen LogP contribution >= 0.6 is 57.9 Å². The van der Waals surface area contributed by atoms with E-state index < -0.39 is 22.4 Å². The van der Waals surface area contributed by atoms with Gasteiger partial charge in [-0.05, 0) is 84.4 Å². The fraction of sp³-hybridized carbons (Fsp3) is 0.0571. The molecule has 254 valence electrons. The molecule has 0 fully saturated rings. The molecule has 0 saturated carbocycles. The second kappa shape index (κ2) is 14.3. The lowest BCUT2D eigenvalue weighted by molar-refractivity contribution is -0.387. The van der Waals surface area contributed by atoms with E-state index in [0.29, 0.717) is 64.2 Å². The summed E-state index contributed by atoms with van der Waals surface area (Å²) in [7, 11) is 0. The molecule has 1 aliphatic rings. The fourth-order valence-electron chi connectivity index (χ4n) is 5.49. The van der Waals surface area contributed by atoms with Crippen LogP contribution < -0.4 is 20.2 Å². The van der Waals surface area contributed by atoms with Crippen LogP contribution in [-0.4, -0.2) is 30.6 Å². The highest BCUT2D eigenvalue weighted by Gasteiger charge is 2.32. The molecule has 4 aromatic carbocycles. The summed E-state index contributed by atoms with van der Waals surface area (Å²) in [6, 6.07) is 24.6. The molecule has 11 nitrogen and oxygen atoms in total. The first-order valence-electron chi connectivity index (χ1n) is 15.0. The van der Waals surface area contributed by atoms with Gasteiger partial charge in [0.15, 0.2) is 10.6 Å². The normalized spacial score (nSPS) is 14.3. The van der Waals surface area contributed by atoms with E-state index >= 15 is 0 Å². The number of nitrogens with zero attached hydrogens (tertiary/aromatic N) is 5. The third kappa shape index (κ3) is 7.12. The van der Waals surface area contributed by atoms with Crippen molar-refractivity contribution in [1.29, 1.82) is 0 Å². The van der Waals surface area contributed by atoms with Crippen molar-refractivity contribution in [2.45, 2.75) is 23.0 Å². The van der Waals surface area contributed by atoms with Crippen molar-refractivity contribution >= 4 is 81.3 Å². The quantitative estimate of drug-likeness (QED) is 0.119. The van der Waals surface area contributed by atoms with Gasteiger partial charge in [-0.3, -0.25) is 29.4 Å². The van der Waals surface area contributed by atoms with Gasteiger partial charge in [0.2, 0.25) is 5.16 Å². The van der Waals surface area contributed by atoms with E-state index in [0.717, 1.165) is 23.1 Å². The maximum absolute atomic E-state index is 14.1. The zero-order valence-corrected chi connectivity index (χ0v) is 30.0. The van der Waals surface area contributed by atoms with Crippen LogP contribution in [0.2, 0.25) is 15.1 Å². The van der Waals surface area contributed by atoms with Crippen molar-refractivity contribution in [3.05, 3.63) is 158 Å². The highest BCUT2D eigenvalue weighted by Crippen LogP contribution is 2.36. The molecule has 51 heavy (non-hydrogen) atoms. The number of benzene rings is 4. The molecule has 2 aromatic heterocycles. The average molecular weight is 775 g/mol. The number of H-pyrrole nitrogens is 1. The van der Waals surface area contributed by atoms with Gasteiger partial charge in [0, 0.05) is 27.4 Å². The number of hydrogen-bond donors (Lipinski definition) is 2. The Morgan fingerprint density at radius 3 is 2.49 bits per heavy atom. The van der Waals surface area contributed by atoms with E-state index in [1.54, 1.807) is 91.9 Å². The Balaban J connectivity index is 1.25. The lowest BCUT2D eigenvalue weighted by Crippen LogP contribution is -2.40. The molecule has 0 saturated heterocycles. The monoisotopic (exact) mass is 773 g/mol. The van der Waals surface area contributed by atoms with Crippen molar-refractivity contribution < 1.29 is 9.72 Å². The number of nitrogens with one attached hydrogen (secondary N) is 2. The van der Waals surface area contributed by atoms with Gasteiger partial charge in [-0.25, -0.2) is 9.98 Å². The number of halogens is 3. The molecule has 1 atom stereocenters. The van der Waals surface area contributed by atoms with Crippen molar-refractivity contribution in [1.82, 2.24) is 19.7 Å². The minimum absolute atomic E-state index is 0.202. The van der Waals surface area contributed by atoms with Crippen LogP contribution in [0.5, 0.6) is 0 Å². The topological polar surface area (TPSA) is 148 Å². The predicted molar refractivity (Wildman–Crippen MR) is 199 cm³/mol. The molecule has 0 radical (unpaired) electrons. The zero-order chi connectivity index (χ0) is 35.8. The van der Waals surface area contributed by atoms with Gasteiger partial charge in [0.05, 0.1) is 36.7 Å². The average Bonchev–Trinajstić information content (AvgIpc) is 3.68. The number of anilines is 1. The zero-order valence-electron chi connectivity index (χ0n) is 26.1. The van der Waals surface area contributed by atoms with Crippen LogP contribution in [0.25, 0.3) is 17.5 Å². The summed E-state index contributed by atoms with van der Waals surface area (Å²) in [4.78, 5) is 49.3. The van der Waals surface area contributed by atoms with Gasteiger partial charge in [0.1, 0.15) is 0 Å². The number of para-hydroxylation sites is 1. The number of hydrogen-bond acceptors (Lipinski definition) is 9. The van der Waals surface area contributed by atoms with Gasteiger partial charge in [-0.15, -0.1) is 5.10 Å². The lowest BCUT2D eigenvalue weighted by atomic mass is 9.95. The lowest BCUT2D eigenvalue weighted by Gasteiger charge is -2.25. The third-order valence-electron chi connectivity index (χ3n) is 7.81. The molecule has 0 bridgehead atoms. The number of allylic oxidation sites excluding steroid dienone is 1. The number of amides is 1. The van der Waals surface area contributed by atoms with Crippen molar-refractivity contribution in [2.75, 3.05) is 5.32 Å². The highest BCUT2D eigenvalue weighted by atomic mass is 35.5. The van der Waals surface area contributed by atoms with E-state index in [9.17, 15) is 19.7 Å². The standard InChI is InChI=1S/C35H22Cl3N7O4S2/c1-18-29(32(46)40-23-5-3-2-4-6-23)30(20-8-10-21(36)11-9-20)44-33(47)28(51-35(44)39-18)16-19-7-14-27(26(15-19)45(48)49)50-34-41-31(42-43-34)24-13-12-22(37)17-25(24)38/h2-17,30H,1H3,(H,40,46)(H,41,42,43)/b28-16+/t30-/m1/s1. The number of aromatic nitrogens is 4. The fourth-order valence-corrected chi connectivity index (χ4v) is 7.96. The van der Waals surface area contributed by atoms with E-state index in [2.05, 4.69) is 25.5 Å². The Labute approximate surface area is 312 Å². The minimum atomic E-state index is -0.813. The minimum Gasteiger partial charge on any atom is -0.322 e. The van der Waals surface area contributed by atoms with Crippen LogP contribution in [0.3, 0.4) is 0 Å². The molecule has 1 aliphatic heterocycles. The molecule has 2 N–H and O–H groups in total. The van der Waals surface area contributed by atoms with Crippen molar-refractivity contribution in [2.24, 2.45) is 4.99 Å². The number of nitro benzene ring substituents is 1. The van der Waals surface area contributed by atoms with Gasteiger partial charge in [-0.1, -0.05) is 82.5 Å². The van der Waals surface area contributed by atoms with Crippen LogP contribution in [0.1, 0.15) is 24.1 Å². The van der Waals surface area contributed by atoms with Gasteiger partial charge in [0.25, 0.3) is 17.2 Å². The van der Waals surface area contributed by atoms with E-state index in [1.165, 1.54) is 10.6 Å². The maximum atomic E-state index is 14.1. The van der Waals surface area contributed by atoms with Gasteiger partial charge in [-0.2, -0.15) is 0 Å². The van der Waals surface area contributed by atoms with Crippen LogP contribution in [0.15, 0.2) is 122 Å². The molecule has 3 heterocycles. The summed E-state index contributed by atoms with van der Waals surface area (Å²) in [5, 5.41) is 23.7. The summed E-state index contributed by atoms with van der Waals surface area (Å²) >= 11 is 20.6. The van der Waals surface area contributed by atoms with Gasteiger partial charge >= 0.3 is 0 Å². The molecule has 16 heteroatoms. The Morgan fingerprint density at radius 2 is 1.76 bits per heavy atom. The predicted octanol–water partition coefficient (Wildman–Crippen LogP) is 7.68. The van der Waals surface area contributed by atoms with Crippen LogP contribution in [0.4, 0.5) is 11.4 Å². The van der Waals surface area contributed by atoms with Gasteiger partial charge < -0.3 is 5.32 Å². The molecule has 0 unspecified atom stereocenters. The van der Waals surface area contributed by atoms with E-state index in [4.69, 9.17) is 34.8 Å². The Kier molecular flexibility index (Phi) is 9.64. The summed E-state index contributed by atoms with van der Waals surface area (Å²) in [5.41, 5.74) is 2.37. The first-order valence-corrected chi connectivity index (χ1v) is 17.8. The largest absolute Gasteiger partial charge is 0.322 e.